The number of likely N-dealkylation sites (N-methyl/N-ethyl adjacent to an activating group) is 1. The van der Waals surface area contributed by atoms with E-state index in [1.54, 1.807) is 14.2 Å². The van der Waals surface area contributed by atoms with Gasteiger partial charge in [0.05, 0.1) is 20.3 Å². The number of hydrogen-bond acceptors (Lipinski definition) is 5. The predicted molar refractivity (Wildman–Crippen MR) is 127 cm³/mol. The Labute approximate surface area is 187 Å². The first-order valence-electron chi connectivity index (χ1n) is 11.5. The van der Waals surface area contributed by atoms with Crippen LogP contribution in [0, 0.1) is 0 Å². The summed E-state index contributed by atoms with van der Waals surface area (Å²) in [6, 6.07) is 10.9. The van der Waals surface area contributed by atoms with Gasteiger partial charge < -0.3 is 24.4 Å². The van der Waals surface area contributed by atoms with Gasteiger partial charge in [0, 0.05) is 18.7 Å². The highest BCUT2D eigenvalue weighted by Gasteiger charge is 2.26. The molecule has 1 heterocycles. The number of nitrogens with one attached hydrogen (secondary N) is 1. The summed E-state index contributed by atoms with van der Waals surface area (Å²) in [4.78, 5) is 2.36. The minimum atomic E-state index is 0.0657. The number of benzene rings is 2. The molecule has 1 N–H and O–H groups in total. The summed E-state index contributed by atoms with van der Waals surface area (Å²) in [6.45, 7) is 13.3. The third-order valence-electron chi connectivity index (χ3n) is 6.27. The van der Waals surface area contributed by atoms with Crippen molar-refractivity contribution in [1.29, 1.82) is 0 Å². The first kappa shape index (κ1) is 23.4. The highest BCUT2D eigenvalue weighted by molar-refractivity contribution is 5.54. The summed E-state index contributed by atoms with van der Waals surface area (Å²) in [6.07, 6.45) is 0.967. The Balaban J connectivity index is 1.93. The van der Waals surface area contributed by atoms with E-state index in [4.69, 9.17) is 14.2 Å². The van der Waals surface area contributed by atoms with E-state index in [0.717, 1.165) is 55.4 Å². The van der Waals surface area contributed by atoms with Crippen LogP contribution in [0.4, 0.5) is 0 Å². The van der Waals surface area contributed by atoms with Crippen molar-refractivity contribution in [1.82, 2.24) is 10.2 Å². The molecule has 1 aliphatic rings. The molecule has 170 valence electrons. The molecule has 0 aromatic heterocycles. The lowest BCUT2D eigenvalue weighted by molar-refractivity contribution is 0.217. The van der Waals surface area contributed by atoms with Crippen LogP contribution in [0.15, 0.2) is 30.3 Å². The van der Waals surface area contributed by atoms with Gasteiger partial charge >= 0.3 is 0 Å². The number of rotatable bonds is 10. The SMILES string of the molecule is CCN(CC)CCOc1cc2c(cc1OC)CCNC2c1ccc(C(C)C)cc1OC. The molecule has 1 aliphatic heterocycles. The standard InChI is InChI=1S/C26H38N2O3/c1-7-28(8-2)13-14-31-25-17-22-20(16-24(25)30-6)11-12-27-26(22)21-10-9-19(18(3)4)15-23(21)29-5/h9-10,15-18,26-27H,7-8,11-14H2,1-6H3. The maximum Gasteiger partial charge on any atom is 0.161 e. The van der Waals surface area contributed by atoms with Crippen molar-refractivity contribution in [3.63, 3.8) is 0 Å². The minimum Gasteiger partial charge on any atom is -0.496 e. The van der Waals surface area contributed by atoms with Gasteiger partial charge in [0.15, 0.2) is 11.5 Å². The summed E-state index contributed by atoms with van der Waals surface area (Å²) in [5.74, 6) is 3.00. The Morgan fingerprint density at radius 3 is 2.35 bits per heavy atom. The monoisotopic (exact) mass is 426 g/mol. The van der Waals surface area contributed by atoms with Crippen molar-refractivity contribution in [3.8, 4) is 17.2 Å². The smallest absolute Gasteiger partial charge is 0.161 e. The molecule has 0 fully saturated rings. The molecule has 2 aromatic carbocycles. The van der Waals surface area contributed by atoms with Crippen LogP contribution in [-0.4, -0.2) is 51.9 Å². The van der Waals surface area contributed by atoms with Crippen LogP contribution in [0.5, 0.6) is 17.2 Å². The van der Waals surface area contributed by atoms with Crippen LogP contribution in [0.1, 0.15) is 61.9 Å². The summed E-state index contributed by atoms with van der Waals surface area (Å²) in [7, 11) is 3.47. The molecule has 1 atom stereocenters. The average molecular weight is 427 g/mol. The highest BCUT2D eigenvalue weighted by atomic mass is 16.5. The van der Waals surface area contributed by atoms with Gasteiger partial charge in [0.1, 0.15) is 12.4 Å². The van der Waals surface area contributed by atoms with Crippen LogP contribution >= 0.6 is 0 Å². The van der Waals surface area contributed by atoms with E-state index >= 15 is 0 Å². The van der Waals surface area contributed by atoms with Crippen molar-refractivity contribution < 1.29 is 14.2 Å². The molecule has 0 radical (unpaired) electrons. The molecule has 5 nitrogen and oxygen atoms in total. The molecule has 5 heteroatoms. The van der Waals surface area contributed by atoms with Gasteiger partial charge in [0.2, 0.25) is 0 Å². The second kappa shape index (κ2) is 10.9. The zero-order chi connectivity index (χ0) is 22.4. The van der Waals surface area contributed by atoms with Crippen LogP contribution in [0.25, 0.3) is 0 Å². The second-order valence-corrected chi connectivity index (χ2v) is 8.37. The van der Waals surface area contributed by atoms with Crippen molar-refractivity contribution >= 4 is 0 Å². The molecule has 0 amide bonds. The van der Waals surface area contributed by atoms with Crippen LogP contribution in [0.3, 0.4) is 0 Å². The second-order valence-electron chi connectivity index (χ2n) is 8.37. The van der Waals surface area contributed by atoms with Crippen molar-refractivity contribution in [3.05, 3.63) is 52.6 Å². The first-order chi connectivity index (χ1) is 15.0. The topological polar surface area (TPSA) is 43.0 Å². The van der Waals surface area contributed by atoms with E-state index in [9.17, 15) is 0 Å². The van der Waals surface area contributed by atoms with Crippen LogP contribution in [-0.2, 0) is 6.42 Å². The van der Waals surface area contributed by atoms with E-state index in [0.29, 0.717) is 12.5 Å². The van der Waals surface area contributed by atoms with E-state index < -0.39 is 0 Å². The minimum absolute atomic E-state index is 0.0657. The Bertz CT molecular complexity index is 862. The van der Waals surface area contributed by atoms with E-state index in [1.165, 1.54) is 16.7 Å². The fourth-order valence-electron chi connectivity index (χ4n) is 4.26. The number of fused-ring (bicyclic) bond motifs is 1. The first-order valence-corrected chi connectivity index (χ1v) is 11.5. The van der Waals surface area contributed by atoms with Crippen molar-refractivity contribution in [2.75, 3.05) is 47.0 Å². The Morgan fingerprint density at radius 1 is 0.968 bits per heavy atom. The highest BCUT2D eigenvalue weighted by Crippen LogP contribution is 2.40. The van der Waals surface area contributed by atoms with Gasteiger partial charge in [-0.1, -0.05) is 39.8 Å². The zero-order valence-corrected chi connectivity index (χ0v) is 20.0. The van der Waals surface area contributed by atoms with Crippen LogP contribution in [0.2, 0.25) is 0 Å². The molecule has 2 aromatic rings. The molecule has 0 aliphatic carbocycles. The van der Waals surface area contributed by atoms with Crippen molar-refractivity contribution in [2.45, 2.75) is 46.1 Å². The molecular weight excluding hydrogens is 388 g/mol. The summed E-state index contributed by atoms with van der Waals surface area (Å²) >= 11 is 0. The molecule has 0 spiro atoms. The molecule has 0 saturated heterocycles. The van der Waals surface area contributed by atoms with Gasteiger partial charge in [-0.3, -0.25) is 0 Å². The number of nitrogens with zero attached hydrogens (tertiary/aromatic N) is 1. The largest absolute Gasteiger partial charge is 0.496 e. The Kier molecular flexibility index (Phi) is 8.22. The summed E-state index contributed by atoms with van der Waals surface area (Å²) in [5.41, 5.74) is 4.98. The van der Waals surface area contributed by atoms with Crippen LogP contribution < -0.4 is 19.5 Å². The van der Waals surface area contributed by atoms with E-state index in [2.05, 4.69) is 68.2 Å². The lowest BCUT2D eigenvalue weighted by Crippen LogP contribution is -2.31. The maximum absolute atomic E-state index is 6.19. The zero-order valence-electron chi connectivity index (χ0n) is 20.0. The van der Waals surface area contributed by atoms with E-state index in [-0.39, 0.29) is 6.04 Å². The van der Waals surface area contributed by atoms with E-state index in [1.807, 2.05) is 0 Å². The summed E-state index contributed by atoms with van der Waals surface area (Å²) in [5, 5.41) is 3.69. The third-order valence-corrected chi connectivity index (χ3v) is 6.27. The Hall–Kier alpha value is -2.24. The lowest BCUT2D eigenvalue weighted by Gasteiger charge is -2.30. The lowest BCUT2D eigenvalue weighted by atomic mass is 9.88. The fraction of sp³-hybridized carbons (Fsp3) is 0.538. The number of methoxy groups -OCH3 is 2. The Morgan fingerprint density at radius 2 is 1.71 bits per heavy atom. The molecule has 0 bridgehead atoms. The van der Waals surface area contributed by atoms with Gasteiger partial charge in [-0.2, -0.15) is 0 Å². The quantitative estimate of drug-likeness (QED) is 0.592. The van der Waals surface area contributed by atoms with Gasteiger partial charge in [-0.15, -0.1) is 0 Å². The molecule has 31 heavy (non-hydrogen) atoms. The van der Waals surface area contributed by atoms with Gasteiger partial charge in [0.25, 0.3) is 0 Å². The third kappa shape index (κ3) is 5.34. The average Bonchev–Trinajstić information content (AvgIpc) is 2.80. The maximum atomic E-state index is 6.19. The molecule has 0 saturated carbocycles. The van der Waals surface area contributed by atoms with Crippen molar-refractivity contribution in [2.24, 2.45) is 0 Å². The number of ether oxygens (including phenoxy) is 3. The van der Waals surface area contributed by atoms with Gasteiger partial charge in [-0.25, -0.2) is 0 Å². The fourth-order valence-corrected chi connectivity index (χ4v) is 4.26. The van der Waals surface area contributed by atoms with Gasteiger partial charge in [-0.05, 0) is 60.3 Å². The number of hydrogen-bond donors (Lipinski definition) is 1. The summed E-state index contributed by atoms with van der Waals surface area (Å²) < 4.78 is 17.7. The predicted octanol–water partition coefficient (Wildman–Crippen LogP) is 4.78. The normalized spacial score (nSPS) is 15.8. The molecule has 1 unspecified atom stereocenters. The molecule has 3 rings (SSSR count). The molecular formula is C26H38N2O3.